The average molecular weight is 299 g/mol. The number of non-ortho nitro benzene ring substituents is 1. The Balaban J connectivity index is 2.13. The Labute approximate surface area is 124 Å². The van der Waals surface area contributed by atoms with Gasteiger partial charge in [0.25, 0.3) is 11.6 Å². The lowest BCUT2D eigenvalue weighted by Gasteiger charge is -2.03. The number of carbonyl (C=O) groups excluding carboxylic acids is 1. The fraction of sp³-hybridized carbons (Fsp3) is 0. The fourth-order valence-corrected chi connectivity index (χ4v) is 2.19. The van der Waals surface area contributed by atoms with Crippen LogP contribution in [0.1, 0.15) is 4.88 Å². The molecule has 0 aliphatic heterocycles. The molecule has 0 aliphatic carbocycles. The molecule has 2 rings (SSSR count). The number of benzene rings is 1. The lowest BCUT2D eigenvalue weighted by atomic mass is 10.2. The first-order chi connectivity index (χ1) is 10.1. The van der Waals surface area contributed by atoms with Crippen LogP contribution in [0.5, 0.6) is 0 Å². The third kappa shape index (κ3) is 3.75. The predicted octanol–water partition coefficient (Wildman–Crippen LogP) is 3.20. The van der Waals surface area contributed by atoms with E-state index < -0.39 is 10.8 Å². The molecule has 0 saturated heterocycles. The van der Waals surface area contributed by atoms with Crippen LogP contribution in [0.3, 0.4) is 0 Å². The molecule has 7 heteroatoms. The molecule has 0 aliphatic rings. The van der Waals surface area contributed by atoms with Crippen molar-refractivity contribution >= 4 is 34.7 Å². The summed E-state index contributed by atoms with van der Waals surface area (Å²) in [6.45, 7) is 0. The van der Waals surface area contributed by atoms with Crippen LogP contribution in [-0.4, -0.2) is 10.8 Å². The Bertz CT molecular complexity index is 728. The molecule has 1 N–H and O–H groups in total. The maximum absolute atomic E-state index is 12.0. The Morgan fingerprint density at radius 1 is 1.33 bits per heavy atom. The smallest absolute Gasteiger partial charge is 0.269 e. The van der Waals surface area contributed by atoms with E-state index in [1.807, 2.05) is 17.5 Å². The van der Waals surface area contributed by atoms with E-state index >= 15 is 0 Å². The van der Waals surface area contributed by atoms with Gasteiger partial charge in [0.2, 0.25) is 0 Å². The van der Waals surface area contributed by atoms with Crippen molar-refractivity contribution in [2.24, 2.45) is 0 Å². The van der Waals surface area contributed by atoms with Crippen molar-refractivity contribution in [3.05, 3.63) is 62.3 Å². The highest BCUT2D eigenvalue weighted by molar-refractivity contribution is 7.10. The molecule has 0 fully saturated rings. The van der Waals surface area contributed by atoms with Crippen LogP contribution < -0.4 is 5.32 Å². The van der Waals surface area contributed by atoms with Crippen LogP contribution in [0.4, 0.5) is 11.4 Å². The summed E-state index contributed by atoms with van der Waals surface area (Å²) in [4.78, 5) is 22.8. The maximum Gasteiger partial charge on any atom is 0.269 e. The standard InChI is InChI=1S/C14H9N3O3S/c15-9-10(8-13-2-1-7-21-13)14(18)16-11-3-5-12(6-4-11)17(19)20/h1-8H,(H,16,18)/b10-8+. The van der Waals surface area contributed by atoms with E-state index in [0.29, 0.717) is 5.69 Å². The van der Waals surface area contributed by atoms with Crippen molar-refractivity contribution in [2.45, 2.75) is 0 Å². The molecule has 0 atom stereocenters. The molecule has 1 aromatic heterocycles. The maximum atomic E-state index is 12.0. The molecule has 6 nitrogen and oxygen atoms in total. The Hall–Kier alpha value is -2.98. The zero-order valence-corrected chi connectivity index (χ0v) is 11.5. The molecule has 1 amide bonds. The van der Waals surface area contributed by atoms with Crippen molar-refractivity contribution in [1.29, 1.82) is 5.26 Å². The summed E-state index contributed by atoms with van der Waals surface area (Å²) in [6, 6.07) is 10.8. The quantitative estimate of drug-likeness (QED) is 0.406. The van der Waals surface area contributed by atoms with E-state index in [0.717, 1.165) is 4.88 Å². The summed E-state index contributed by atoms with van der Waals surface area (Å²) in [6.07, 6.45) is 1.49. The minimum absolute atomic E-state index is 0.0317. The van der Waals surface area contributed by atoms with Gasteiger partial charge in [0.05, 0.1) is 4.92 Å². The lowest BCUT2D eigenvalue weighted by molar-refractivity contribution is -0.384. The van der Waals surface area contributed by atoms with Gasteiger partial charge in [0, 0.05) is 22.7 Å². The summed E-state index contributed by atoms with van der Waals surface area (Å²) in [5.74, 6) is -0.556. The van der Waals surface area contributed by atoms with Gasteiger partial charge in [-0.25, -0.2) is 0 Å². The molecule has 2 aromatic rings. The van der Waals surface area contributed by atoms with Gasteiger partial charge in [0.15, 0.2) is 0 Å². The van der Waals surface area contributed by atoms with Crippen LogP contribution in [0.25, 0.3) is 6.08 Å². The molecular weight excluding hydrogens is 290 g/mol. The molecule has 0 bridgehead atoms. The molecule has 104 valence electrons. The average Bonchev–Trinajstić information content (AvgIpc) is 2.98. The van der Waals surface area contributed by atoms with E-state index in [-0.39, 0.29) is 11.3 Å². The van der Waals surface area contributed by atoms with Gasteiger partial charge in [-0.1, -0.05) is 6.07 Å². The monoisotopic (exact) mass is 299 g/mol. The van der Waals surface area contributed by atoms with Gasteiger partial charge < -0.3 is 5.32 Å². The molecule has 21 heavy (non-hydrogen) atoms. The van der Waals surface area contributed by atoms with Crippen molar-refractivity contribution in [1.82, 2.24) is 0 Å². The van der Waals surface area contributed by atoms with Crippen LogP contribution in [0.15, 0.2) is 47.4 Å². The largest absolute Gasteiger partial charge is 0.321 e. The SMILES string of the molecule is N#C/C(=C\c1cccs1)C(=O)Nc1ccc([N+](=O)[O-])cc1. The predicted molar refractivity (Wildman–Crippen MR) is 79.6 cm³/mol. The summed E-state index contributed by atoms with van der Waals surface area (Å²) in [7, 11) is 0. The van der Waals surface area contributed by atoms with Gasteiger partial charge in [-0.2, -0.15) is 5.26 Å². The first-order valence-electron chi connectivity index (χ1n) is 5.81. The molecule has 0 radical (unpaired) electrons. The van der Waals surface area contributed by atoms with Crippen molar-refractivity contribution in [3.8, 4) is 6.07 Å². The fourth-order valence-electron chi connectivity index (χ4n) is 1.53. The Kier molecular flexibility index (Phi) is 4.43. The number of nitro benzene ring substituents is 1. The number of carbonyl (C=O) groups is 1. The summed E-state index contributed by atoms with van der Waals surface area (Å²) in [5.41, 5.74) is 0.288. The zero-order valence-electron chi connectivity index (χ0n) is 10.6. The van der Waals surface area contributed by atoms with Crippen LogP contribution in [-0.2, 0) is 4.79 Å². The van der Waals surface area contributed by atoms with Crippen molar-refractivity contribution in [2.75, 3.05) is 5.32 Å². The third-order valence-corrected chi connectivity index (χ3v) is 3.35. The number of rotatable bonds is 4. The number of nitrogens with one attached hydrogen (secondary N) is 1. The van der Waals surface area contributed by atoms with Crippen molar-refractivity contribution < 1.29 is 9.72 Å². The third-order valence-electron chi connectivity index (χ3n) is 2.53. The topological polar surface area (TPSA) is 96.0 Å². The highest BCUT2D eigenvalue weighted by Gasteiger charge is 2.11. The minimum Gasteiger partial charge on any atom is -0.321 e. The summed E-state index contributed by atoms with van der Waals surface area (Å²) in [5, 5.41) is 23.9. The number of thiophene rings is 1. The van der Waals surface area contributed by atoms with Crippen LogP contribution in [0, 0.1) is 21.4 Å². The van der Waals surface area contributed by atoms with Gasteiger partial charge in [-0.15, -0.1) is 11.3 Å². The van der Waals surface area contributed by atoms with Gasteiger partial charge in [0.1, 0.15) is 11.6 Å². The first-order valence-corrected chi connectivity index (χ1v) is 6.69. The summed E-state index contributed by atoms with van der Waals surface area (Å²) >= 11 is 1.41. The number of hydrogen-bond acceptors (Lipinski definition) is 5. The molecule has 1 heterocycles. The van der Waals surface area contributed by atoms with E-state index in [1.165, 1.54) is 41.7 Å². The second-order valence-corrected chi connectivity index (χ2v) is 4.92. The highest BCUT2D eigenvalue weighted by atomic mass is 32.1. The molecule has 0 spiro atoms. The van der Waals surface area contributed by atoms with Gasteiger partial charge in [-0.05, 0) is 29.7 Å². The number of hydrogen-bond donors (Lipinski definition) is 1. The number of nitriles is 1. The molecular formula is C14H9N3O3S. The zero-order chi connectivity index (χ0) is 15.2. The first kappa shape index (κ1) is 14.4. The van der Waals surface area contributed by atoms with Crippen molar-refractivity contribution in [3.63, 3.8) is 0 Å². The van der Waals surface area contributed by atoms with E-state index in [4.69, 9.17) is 5.26 Å². The van der Waals surface area contributed by atoms with Crippen LogP contribution >= 0.6 is 11.3 Å². The number of anilines is 1. The molecule has 0 saturated carbocycles. The number of nitro groups is 1. The number of nitrogens with zero attached hydrogens (tertiary/aromatic N) is 2. The minimum atomic E-state index is -0.556. The second-order valence-electron chi connectivity index (χ2n) is 3.94. The highest BCUT2D eigenvalue weighted by Crippen LogP contribution is 2.17. The normalized spacial score (nSPS) is 10.7. The summed E-state index contributed by atoms with van der Waals surface area (Å²) < 4.78 is 0. The van der Waals surface area contributed by atoms with Crippen LogP contribution in [0.2, 0.25) is 0 Å². The van der Waals surface area contributed by atoms with E-state index in [1.54, 1.807) is 6.07 Å². The van der Waals surface area contributed by atoms with Gasteiger partial charge >= 0.3 is 0 Å². The Morgan fingerprint density at radius 3 is 2.57 bits per heavy atom. The number of amides is 1. The van der Waals surface area contributed by atoms with E-state index in [2.05, 4.69) is 5.32 Å². The molecule has 0 unspecified atom stereocenters. The van der Waals surface area contributed by atoms with E-state index in [9.17, 15) is 14.9 Å². The molecule has 1 aromatic carbocycles. The van der Waals surface area contributed by atoms with Gasteiger partial charge in [-0.3, -0.25) is 14.9 Å². The second kappa shape index (κ2) is 6.45. The Morgan fingerprint density at radius 2 is 2.05 bits per heavy atom. The lowest BCUT2D eigenvalue weighted by Crippen LogP contribution is -2.13.